The number of hydrogen-bond donors (Lipinski definition) is 1. The lowest BCUT2D eigenvalue weighted by molar-refractivity contribution is -0.120. The summed E-state index contributed by atoms with van der Waals surface area (Å²) in [4.78, 5) is 20.5. The van der Waals surface area contributed by atoms with E-state index in [1.54, 1.807) is 11.3 Å². The molecule has 1 amide bonds. The first-order valence-corrected chi connectivity index (χ1v) is 9.69. The van der Waals surface area contributed by atoms with Crippen LogP contribution in [0, 0.1) is 24.5 Å². The highest BCUT2D eigenvalue weighted by atomic mass is 32.1. The van der Waals surface area contributed by atoms with Crippen molar-refractivity contribution in [2.45, 2.75) is 19.8 Å². The molecular weight excluding hydrogens is 368 g/mol. The summed E-state index contributed by atoms with van der Waals surface area (Å²) in [7, 11) is 0. The van der Waals surface area contributed by atoms with Crippen molar-refractivity contribution in [3.8, 4) is 0 Å². The van der Waals surface area contributed by atoms with Crippen LogP contribution >= 0.6 is 11.3 Å². The third-order valence-corrected chi connectivity index (χ3v) is 5.92. The quantitative estimate of drug-likeness (QED) is 0.706. The van der Waals surface area contributed by atoms with E-state index in [0.29, 0.717) is 12.8 Å². The molecule has 0 aliphatic carbocycles. The Morgan fingerprint density at radius 1 is 1.19 bits per heavy atom. The lowest BCUT2D eigenvalue weighted by Gasteiger charge is -2.32. The fourth-order valence-electron chi connectivity index (χ4n) is 3.50. The van der Waals surface area contributed by atoms with Crippen molar-refractivity contribution in [3.05, 3.63) is 53.0 Å². The van der Waals surface area contributed by atoms with Crippen molar-refractivity contribution in [3.63, 3.8) is 0 Å². The third kappa shape index (κ3) is 3.64. The first kappa shape index (κ1) is 17.9. The van der Waals surface area contributed by atoms with Crippen molar-refractivity contribution in [1.29, 1.82) is 0 Å². The van der Waals surface area contributed by atoms with E-state index in [1.165, 1.54) is 15.6 Å². The maximum absolute atomic E-state index is 13.3. The number of hydrogen-bond acceptors (Lipinski definition) is 4. The van der Waals surface area contributed by atoms with Gasteiger partial charge in [-0.3, -0.25) is 4.79 Å². The summed E-state index contributed by atoms with van der Waals surface area (Å²) < 4.78 is 27.5. The average Bonchev–Trinajstić information content (AvgIpc) is 3.05. The largest absolute Gasteiger partial charge is 0.356 e. The Kier molecular flexibility index (Phi) is 4.78. The molecule has 3 aromatic rings. The summed E-state index contributed by atoms with van der Waals surface area (Å²) >= 11 is 1.75. The van der Waals surface area contributed by atoms with Gasteiger partial charge in [0.15, 0.2) is 11.6 Å². The van der Waals surface area contributed by atoms with Crippen molar-refractivity contribution < 1.29 is 13.6 Å². The molecule has 1 saturated heterocycles. The van der Waals surface area contributed by atoms with E-state index in [2.05, 4.69) is 28.2 Å². The van der Waals surface area contributed by atoms with Gasteiger partial charge in [-0.25, -0.2) is 13.8 Å². The fourth-order valence-corrected chi connectivity index (χ4v) is 4.41. The maximum atomic E-state index is 13.3. The Labute approximate surface area is 159 Å². The molecule has 4 rings (SSSR count). The summed E-state index contributed by atoms with van der Waals surface area (Å²) in [5.41, 5.74) is 0.279. The van der Waals surface area contributed by atoms with Crippen LogP contribution in [0.3, 0.4) is 0 Å². The SMILES string of the molecule is Cc1cc2c(N3CCC(C(=O)Nc4ccc(F)c(F)c4)CC3)nccc2s1. The van der Waals surface area contributed by atoms with Gasteiger partial charge in [0, 0.05) is 51.9 Å². The lowest BCUT2D eigenvalue weighted by atomic mass is 9.95. The molecule has 0 saturated carbocycles. The van der Waals surface area contributed by atoms with Crippen molar-refractivity contribution in [1.82, 2.24) is 4.98 Å². The number of pyridine rings is 1. The minimum Gasteiger partial charge on any atom is -0.356 e. The van der Waals surface area contributed by atoms with Crippen LogP contribution in [0.5, 0.6) is 0 Å². The van der Waals surface area contributed by atoms with Gasteiger partial charge in [-0.2, -0.15) is 0 Å². The van der Waals surface area contributed by atoms with Gasteiger partial charge in [0.2, 0.25) is 5.91 Å². The molecule has 1 aliphatic rings. The van der Waals surface area contributed by atoms with E-state index >= 15 is 0 Å². The van der Waals surface area contributed by atoms with Crippen LogP contribution in [0.2, 0.25) is 0 Å². The summed E-state index contributed by atoms with van der Waals surface area (Å²) in [5.74, 6) is -1.23. The summed E-state index contributed by atoms with van der Waals surface area (Å²) in [6.07, 6.45) is 3.21. The Bertz CT molecular complexity index is 996. The number of fused-ring (bicyclic) bond motifs is 1. The number of benzene rings is 1. The van der Waals surface area contributed by atoms with Crippen LogP contribution in [0.4, 0.5) is 20.3 Å². The number of thiophene rings is 1. The molecule has 7 heteroatoms. The van der Waals surface area contributed by atoms with Crippen LogP contribution in [0.25, 0.3) is 10.1 Å². The van der Waals surface area contributed by atoms with E-state index in [0.717, 1.165) is 36.4 Å². The second-order valence-corrected chi connectivity index (χ2v) is 8.07. The zero-order valence-corrected chi connectivity index (χ0v) is 15.7. The van der Waals surface area contributed by atoms with Crippen LogP contribution in [-0.2, 0) is 4.79 Å². The van der Waals surface area contributed by atoms with Crippen LogP contribution < -0.4 is 10.2 Å². The second-order valence-electron chi connectivity index (χ2n) is 6.78. The van der Waals surface area contributed by atoms with Crippen molar-refractivity contribution >= 4 is 38.8 Å². The van der Waals surface area contributed by atoms with Gasteiger partial charge in [-0.05, 0) is 44.0 Å². The zero-order valence-electron chi connectivity index (χ0n) is 14.8. The minimum atomic E-state index is -0.965. The number of rotatable bonds is 3. The standard InChI is InChI=1S/C20H19F2N3OS/c1-12-10-15-18(27-12)4-7-23-19(15)25-8-5-13(6-9-25)20(26)24-14-2-3-16(21)17(22)11-14/h2-4,7,10-11,13H,5-6,8-9H2,1H3,(H,24,26). The van der Waals surface area contributed by atoms with E-state index in [1.807, 2.05) is 12.3 Å². The predicted octanol–water partition coefficient (Wildman–Crippen LogP) is 4.74. The average molecular weight is 387 g/mol. The van der Waals surface area contributed by atoms with Crippen LogP contribution in [-0.4, -0.2) is 24.0 Å². The summed E-state index contributed by atoms with van der Waals surface area (Å²) in [6.45, 7) is 3.55. The third-order valence-electron chi connectivity index (χ3n) is 4.90. The maximum Gasteiger partial charge on any atom is 0.227 e. The highest BCUT2D eigenvalue weighted by molar-refractivity contribution is 7.19. The van der Waals surface area contributed by atoms with Gasteiger partial charge in [-0.1, -0.05) is 0 Å². The van der Waals surface area contributed by atoms with Crippen molar-refractivity contribution in [2.24, 2.45) is 5.92 Å². The Morgan fingerprint density at radius 2 is 1.96 bits per heavy atom. The molecule has 3 heterocycles. The molecule has 0 bridgehead atoms. The Balaban J connectivity index is 1.42. The number of amides is 1. The smallest absolute Gasteiger partial charge is 0.227 e. The topological polar surface area (TPSA) is 45.2 Å². The molecule has 4 nitrogen and oxygen atoms in total. The first-order valence-electron chi connectivity index (χ1n) is 8.87. The van der Waals surface area contributed by atoms with E-state index < -0.39 is 11.6 Å². The normalized spacial score (nSPS) is 15.3. The summed E-state index contributed by atoms with van der Waals surface area (Å²) in [6, 6.07) is 7.58. The minimum absolute atomic E-state index is 0.154. The van der Waals surface area contributed by atoms with Gasteiger partial charge >= 0.3 is 0 Å². The number of nitrogens with one attached hydrogen (secondary N) is 1. The summed E-state index contributed by atoms with van der Waals surface area (Å²) in [5, 5.41) is 3.85. The molecular formula is C20H19F2N3OS. The molecule has 1 fully saturated rings. The Hall–Kier alpha value is -2.54. The molecule has 1 N–H and O–H groups in total. The number of aryl methyl sites for hydroxylation is 1. The number of halogens is 2. The molecule has 140 valence electrons. The first-order chi connectivity index (χ1) is 13.0. The van der Waals surface area contributed by atoms with E-state index in [4.69, 9.17) is 0 Å². The molecule has 0 atom stereocenters. The van der Waals surface area contributed by atoms with Gasteiger partial charge in [0.05, 0.1) is 0 Å². The number of aromatic nitrogens is 1. The van der Waals surface area contributed by atoms with Crippen LogP contribution in [0.15, 0.2) is 36.5 Å². The number of piperidine rings is 1. The molecule has 1 aliphatic heterocycles. The highest BCUT2D eigenvalue weighted by Gasteiger charge is 2.26. The zero-order chi connectivity index (χ0) is 19.0. The predicted molar refractivity (Wildman–Crippen MR) is 104 cm³/mol. The van der Waals surface area contributed by atoms with Gasteiger partial charge < -0.3 is 10.2 Å². The van der Waals surface area contributed by atoms with E-state index in [-0.39, 0.29) is 17.5 Å². The molecule has 2 aromatic heterocycles. The molecule has 0 spiro atoms. The van der Waals surface area contributed by atoms with Gasteiger partial charge in [0.1, 0.15) is 5.82 Å². The fraction of sp³-hybridized carbons (Fsp3) is 0.300. The Morgan fingerprint density at radius 3 is 2.70 bits per heavy atom. The van der Waals surface area contributed by atoms with Crippen molar-refractivity contribution in [2.75, 3.05) is 23.3 Å². The monoisotopic (exact) mass is 387 g/mol. The second kappa shape index (κ2) is 7.23. The number of nitrogens with zero attached hydrogens (tertiary/aromatic N) is 2. The number of anilines is 2. The molecule has 27 heavy (non-hydrogen) atoms. The highest BCUT2D eigenvalue weighted by Crippen LogP contribution is 2.33. The molecule has 0 radical (unpaired) electrons. The van der Waals surface area contributed by atoms with Crippen LogP contribution in [0.1, 0.15) is 17.7 Å². The van der Waals surface area contributed by atoms with E-state index in [9.17, 15) is 13.6 Å². The lowest BCUT2D eigenvalue weighted by Crippen LogP contribution is -2.38. The van der Waals surface area contributed by atoms with Gasteiger partial charge in [-0.15, -0.1) is 11.3 Å². The number of carbonyl (C=O) groups excluding carboxylic acids is 1. The van der Waals surface area contributed by atoms with Gasteiger partial charge in [0.25, 0.3) is 0 Å². The molecule has 0 unspecified atom stereocenters. The molecule has 1 aromatic carbocycles. The number of carbonyl (C=O) groups is 1.